The molecule has 1 N–H and O–H groups in total. The summed E-state index contributed by atoms with van der Waals surface area (Å²) in [6.45, 7) is 5.92. The summed E-state index contributed by atoms with van der Waals surface area (Å²) < 4.78 is 5.54. The maximum atomic E-state index is 9.91. The standard InChI is InChI=1S/C18H18N2O2S/c1-9-7-12(8-10(2)15(9)21)17-19-18(22-20-17)16-14-6-4-5-13(14)11(3)23-16/h7-8,21H,4-6H2,1-3H3. The van der Waals surface area contributed by atoms with E-state index in [-0.39, 0.29) is 0 Å². The third-order valence-electron chi connectivity index (χ3n) is 4.54. The van der Waals surface area contributed by atoms with E-state index < -0.39 is 0 Å². The molecule has 4 rings (SSSR count). The lowest BCUT2D eigenvalue weighted by atomic mass is 10.1. The van der Waals surface area contributed by atoms with Gasteiger partial charge in [-0.25, -0.2) is 0 Å². The molecule has 0 aliphatic heterocycles. The Balaban J connectivity index is 1.77. The van der Waals surface area contributed by atoms with Crippen LogP contribution in [0.2, 0.25) is 0 Å². The van der Waals surface area contributed by atoms with Gasteiger partial charge in [0.05, 0.1) is 4.88 Å². The number of phenolic OH excluding ortho intramolecular Hbond substituents is 1. The van der Waals surface area contributed by atoms with Crippen molar-refractivity contribution in [2.75, 3.05) is 0 Å². The summed E-state index contributed by atoms with van der Waals surface area (Å²) in [4.78, 5) is 7.09. The lowest BCUT2D eigenvalue weighted by molar-refractivity contribution is 0.433. The molecule has 1 aromatic carbocycles. The second kappa shape index (κ2) is 5.20. The van der Waals surface area contributed by atoms with Crippen molar-refractivity contribution < 1.29 is 9.63 Å². The minimum Gasteiger partial charge on any atom is -0.507 e. The maximum Gasteiger partial charge on any atom is 0.268 e. The van der Waals surface area contributed by atoms with Gasteiger partial charge in [0, 0.05) is 10.4 Å². The zero-order chi connectivity index (χ0) is 16.1. The van der Waals surface area contributed by atoms with Crippen molar-refractivity contribution in [3.8, 4) is 27.9 Å². The molecule has 5 heteroatoms. The molecule has 0 atom stereocenters. The average molecular weight is 326 g/mol. The van der Waals surface area contributed by atoms with Gasteiger partial charge in [0.2, 0.25) is 5.82 Å². The highest BCUT2D eigenvalue weighted by Gasteiger charge is 2.24. The largest absolute Gasteiger partial charge is 0.507 e. The van der Waals surface area contributed by atoms with E-state index in [2.05, 4.69) is 17.1 Å². The molecular formula is C18H18N2O2S. The number of aromatic nitrogens is 2. The van der Waals surface area contributed by atoms with Crippen LogP contribution in [0.4, 0.5) is 0 Å². The van der Waals surface area contributed by atoms with Gasteiger partial charge in [0.25, 0.3) is 5.89 Å². The van der Waals surface area contributed by atoms with Crippen LogP contribution in [0.15, 0.2) is 16.7 Å². The van der Waals surface area contributed by atoms with E-state index in [9.17, 15) is 5.11 Å². The fraction of sp³-hybridized carbons (Fsp3) is 0.333. The van der Waals surface area contributed by atoms with Crippen molar-refractivity contribution in [3.05, 3.63) is 39.3 Å². The zero-order valence-electron chi connectivity index (χ0n) is 13.4. The molecule has 0 spiro atoms. The van der Waals surface area contributed by atoms with E-state index in [1.54, 1.807) is 11.3 Å². The fourth-order valence-electron chi connectivity index (χ4n) is 3.35. The van der Waals surface area contributed by atoms with Crippen molar-refractivity contribution in [2.45, 2.75) is 40.0 Å². The SMILES string of the molecule is Cc1cc(-c2noc(-c3sc(C)c4c3CCC4)n2)cc(C)c1O. The molecule has 0 unspecified atom stereocenters. The number of hydrogen-bond acceptors (Lipinski definition) is 5. The second-order valence-electron chi connectivity index (χ2n) is 6.18. The summed E-state index contributed by atoms with van der Waals surface area (Å²) in [5.74, 6) is 1.51. The summed E-state index contributed by atoms with van der Waals surface area (Å²) in [6.07, 6.45) is 3.47. The van der Waals surface area contributed by atoms with Gasteiger partial charge in [-0.15, -0.1) is 11.3 Å². The summed E-state index contributed by atoms with van der Waals surface area (Å²) in [5, 5.41) is 14.1. The lowest BCUT2D eigenvalue weighted by Crippen LogP contribution is -1.87. The predicted octanol–water partition coefficient (Wildman–Crippen LogP) is 4.58. The monoisotopic (exact) mass is 326 g/mol. The Morgan fingerprint density at radius 2 is 1.78 bits per heavy atom. The number of benzene rings is 1. The fourth-order valence-corrected chi connectivity index (χ4v) is 4.52. The van der Waals surface area contributed by atoms with Crippen LogP contribution < -0.4 is 0 Å². The first kappa shape index (κ1) is 14.5. The van der Waals surface area contributed by atoms with Gasteiger partial charge in [-0.2, -0.15) is 4.98 Å². The molecule has 3 aromatic rings. The lowest BCUT2D eigenvalue weighted by Gasteiger charge is -2.04. The van der Waals surface area contributed by atoms with Crippen LogP contribution in [-0.2, 0) is 12.8 Å². The Hall–Kier alpha value is -2.14. The van der Waals surface area contributed by atoms with E-state index in [1.807, 2.05) is 26.0 Å². The smallest absolute Gasteiger partial charge is 0.268 e. The number of aromatic hydroxyl groups is 1. The van der Waals surface area contributed by atoms with Crippen molar-refractivity contribution in [1.82, 2.24) is 10.1 Å². The number of phenols is 1. The van der Waals surface area contributed by atoms with Gasteiger partial charge < -0.3 is 9.63 Å². The highest BCUT2D eigenvalue weighted by Crippen LogP contribution is 2.41. The van der Waals surface area contributed by atoms with E-state index in [4.69, 9.17) is 4.52 Å². The normalized spacial score (nSPS) is 13.5. The summed E-state index contributed by atoms with van der Waals surface area (Å²) >= 11 is 1.75. The number of rotatable bonds is 2. The average Bonchev–Trinajstić information content (AvgIpc) is 3.22. The van der Waals surface area contributed by atoms with Crippen LogP contribution in [0.1, 0.15) is 33.6 Å². The van der Waals surface area contributed by atoms with E-state index in [0.717, 1.165) is 34.4 Å². The van der Waals surface area contributed by atoms with E-state index in [1.165, 1.54) is 22.4 Å². The molecule has 1 aliphatic rings. The van der Waals surface area contributed by atoms with Crippen LogP contribution in [0, 0.1) is 20.8 Å². The summed E-state index contributed by atoms with van der Waals surface area (Å²) in [5.41, 5.74) is 5.37. The van der Waals surface area contributed by atoms with Gasteiger partial charge in [0.15, 0.2) is 0 Å². The molecule has 2 aromatic heterocycles. The Kier molecular flexibility index (Phi) is 3.27. The van der Waals surface area contributed by atoms with Gasteiger partial charge in [-0.05, 0) is 74.4 Å². The zero-order valence-corrected chi connectivity index (χ0v) is 14.3. The van der Waals surface area contributed by atoms with Crippen molar-refractivity contribution in [2.24, 2.45) is 0 Å². The van der Waals surface area contributed by atoms with Crippen LogP contribution >= 0.6 is 11.3 Å². The molecule has 4 nitrogen and oxygen atoms in total. The Morgan fingerprint density at radius 3 is 2.52 bits per heavy atom. The first-order valence-electron chi connectivity index (χ1n) is 7.80. The number of hydrogen-bond donors (Lipinski definition) is 1. The van der Waals surface area contributed by atoms with Gasteiger partial charge in [-0.3, -0.25) is 0 Å². The van der Waals surface area contributed by atoms with Gasteiger partial charge in [-0.1, -0.05) is 5.16 Å². The molecular weight excluding hydrogens is 308 g/mol. The van der Waals surface area contributed by atoms with Crippen LogP contribution in [0.3, 0.4) is 0 Å². The Morgan fingerprint density at radius 1 is 1.09 bits per heavy atom. The minimum absolute atomic E-state index is 0.323. The molecule has 0 amide bonds. The molecule has 0 saturated carbocycles. The van der Waals surface area contributed by atoms with Crippen LogP contribution in [0.25, 0.3) is 22.2 Å². The predicted molar refractivity (Wildman–Crippen MR) is 90.9 cm³/mol. The summed E-state index contributed by atoms with van der Waals surface area (Å²) in [7, 11) is 0. The number of nitrogens with zero attached hydrogens (tertiary/aromatic N) is 2. The van der Waals surface area contributed by atoms with E-state index in [0.29, 0.717) is 17.5 Å². The summed E-state index contributed by atoms with van der Waals surface area (Å²) in [6, 6.07) is 3.78. The topological polar surface area (TPSA) is 59.2 Å². The molecule has 0 bridgehead atoms. The third-order valence-corrected chi connectivity index (χ3v) is 5.72. The van der Waals surface area contributed by atoms with Gasteiger partial charge in [0.1, 0.15) is 5.75 Å². The van der Waals surface area contributed by atoms with Crippen LogP contribution in [0.5, 0.6) is 5.75 Å². The first-order chi connectivity index (χ1) is 11.0. The molecule has 0 radical (unpaired) electrons. The number of thiophene rings is 1. The van der Waals surface area contributed by atoms with Crippen molar-refractivity contribution >= 4 is 11.3 Å². The number of fused-ring (bicyclic) bond motifs is 1. The Bertz CT molecular complexity index is 885. The molecule has 0 saturated heterocycles. The van der Waals surface area contributed by atoms with E-state index >= 15 is 0 Å². The molecule has 118 valence electrons. The molecule has 23 heavy (non-hydrogen) atoms. The quantitative estimate of drug-likeness (QED) is 0.748. The Labute approximate surface area is 138 Å². The van der Waals surface area contributed by atoms with Crippen molar-refractivity contribution in [1.29, 1.82) is 0 Å². The third kappa shape index (κ3) is 2.27. The van der Waals surface area contributed by atoms with Crippen LogP contribution in [-0.4, -0.2) is 15.2 Å². The second-order valence-corrected chi connectivity index (χ2v) is 7.40. The molecule has 0 fully saturated rings. The highest BCUT2D eigenvalue weighted by molar-refractivity contribution is 7.15. The minimum atomic E-state index is 0.323. The highest BCUT2D eigenvalue weighted by atomic mass is 32.1. The van der Waals surface area contributed by atoms with Crippen molar-refractivity contribution in [3.63, 3.8) is 0 Å². The van der Waals surface area contributed by atoms with Gasteiger partial charge >= 0.3 is 0 Å². The first-order valence-corrected chi connectivity index (χ1v) is 8.62. The number of aryl methyl sites for hydroxylation is 3. The molecule has 1 aliphatic carbocycles. The molecule has 2 heterocycles. The maximum absolute atomic E-state index is 9.91.